The molecule has 0 atom stereocenters. The molecule has 1 heterocycles. The van der Waals surface area contributed by atoms with Crippen molar-refractivity contribution in [2.45, 2.75) is 37.6 Å². The van der Waals surface area contributed by atoms with E-state index in [1.165, 1.54) is 6.20 Å². The van der Waals surface area contributed by atoms with E-state index in [4.69, 9.17) is 5.73 Å². The molecule has 0 saturated carbocycles. The highest BCUT2D eigenvalue weighted by atomic mass is 32.2. The van der Waals surface area contributed by atoms with Crippen molar-refractivity contribution in [3.05, 3.63) is 24.4 Å². The molecule has 6 heteroatoms. The van der Waals surface area contributed by atoms with Crippen molar-refractivity contribution in [3.63, 3.8) is 0 Å². The van der Waals surface area contributed by atoms with Crippen LogP contribution >= 0.6 is 0 Å². The van der Waals surface area contributed by atoms with Gasteiger partial charge in [0, 0.05) is 28.3 Å². The molecule has 0 aliphatic heterocycles. The van der Waals surface area contributed by atoms with Gasteiger partial charge in [-0.3, -0.25) is 0 Å². The van der Waals surface area contributed by atoms with Gasteiger partial charge in [-0.2, -0.15) is 0 Å². The summed E-state index contributed by atoms with van der Waals surface area (Å²) in [7, 11) is -3.55. The number of rotatable bonds is 4. The predicted octanol–water partition coefficient (Wildman–Crippen LogP) is 2.22. The summed E-state index contributed by atoms with van der Waals surface area (Å²) < 4.78 is 27.5. The maximum absolute atomic E-state index is 12.4. The number of nitrogens with one attached hydrogen (secondary N) is 2. The Labute approximate surface area is 113 Å². The lowest BCUT2D eigenvalue weighted by Crippen LogP contribution is -2.42. The van der Waals surface area contributed by atoms with Gasteiger partial charge in [0.2, 0.25) is 10.0 Å². The van der Waals surface area contributed by atoms with E-state index in [9.17, 15) is 8.42 Å². The first-order valence-corrected chi connectivity index (χ1v) is 7.64. The van der Waals surface area contributed by atoms with Gasteiger partial charge in [-0.05, 0) is 38.5 Å². The summed E-state index contributed by atoms with van der Waals surface area (Å²) in [5.41, 5.74) is 6.52. The van der Waals surface area contributed by atoms with E-state index in [2.05, 4.69) is 9.71 Å². The average Bonchev–Trinajstić information content (AvgIpc) is 2.71. The van der Waals surface area contributed by atoms with Crippen LogP contribution in [0.25, 0.3) is 10.9 Å². The van der Waals surface area contributed by atoms with Crippen molar-refractivity contribution in [2.24, 2.45) is 0 Å². The van der Waals surface area contributed by atoms with Crippen molar-refractivity contribution < 1.29 is 8.42 Å². The lowest BCUT2D eigenvalue weighted by Gasteiger charge is -2.23. The normalized spacial score (nSPS) is 13.0. The molecule has 0 aliphatic carbocycles. The van der Waals surface area contributed by atoms with Crippen LogP contribution in [0.5, 0.6) is 0 Å². The fourth-order valence-corrected chi connectivity index (χ4v) is 3.49. The minimum Gasteiger partial charge on any atom is -0.399 e. The summed E-state index contributed by atoms with van der Waals surface area (Å²) >= 11 is 0. The first kappa shape index (κ1) is 13.9. The Kier molecular flexibility index (Phi) is 3.32. The molecule has 0 spiro atoms. The Morgan fingerprint density at radius 3 is 2.68 bits per heavy atom. The molecular weight excluding hydrogens is 262 g/mol. The van der Waals surface area contributed by atoms with Gasteiger partial charge in [0.1, 0.15) is 4.90 Å². The highest BCUT2D eigenvalue weighted by Crippen LogP contribution is 2.25. The third kappa shape index (κ3) is 2.74. The molecule has 104 valence electrons. The number of aromatic nitrogens is 1. The summed E-state index contributed by atoms with van der Waals surface area (Å²) in [4.78, 5) is 3.19. The number of aromatic amines is 1. The molecule has 0 saturated heterocycles. The molecule has 1 aromatic carbocycles. The number of hydrogen-bond donors (Lipinski definition) is 3. The van der Waals surface area contributed by atoms with Gasteiger partial charge in [-0.15, -0.1) is 0 Å². The highest BCUT2D eigenvalue weighted by molar-refractivity contribution is 7.89. The van der Waals surface area contributed by atoms with Gasteiger partial charge in [0.25, 0.3) is 0 Å². The Morgan fingerprint density at radius 2 is 2.05 bits per heavy atom. The summed E-state index contributed by atoms with van der Waals surface area (Å²) in [5.74, 6) is 0. The number of nitrogens with two attached hydrogens (primary N) is 1. The molecule has 4 N–H and O–H groups in total. The molecule has 0 aliphatic rings. The quantitative estimate of drug-likeness (QED) is 0.751. The minimum atomic E-state index is -3.55. The Hall–Kier alpha value is -1.53. The van der Waals surface area contributed by atoms with Gasteiger partial charge >= 0.3 is 0 Å². The van der Waals surface area contributed by atoms with Crippen LogP contribution in [0.15, 0.2) is 29.3 Å². The second-order valence-corrected chi connectivity index (χ2v) is 6.95. The number of anilines is 1. The summed E-state index contributed by atoms with van der Waals surface area (Å²) in [5, 5.41) is 0.647. The summed E-state index contributed by atoms with van der Waals surface area (Å²) in [6.07, 6.45) is 2.21. The van der Waals surface area contributed by atoms with E-state index in [-0.39, 0.29) is 4.90 Å². The van der Waals surface area contributed by atoms with Crippen LogP contribution < -0.4 is 10.5 Å². The SMILES string of the molecule is CCC(C)(C)NS(=O)(=O)c1c[nH]c2cc(N)ccc12. The van der Waals surface area contributed by atoms with E-state index in [0.29, 0.717) is 17.5 Å². The maximum Gasteiger partial charge on any atom is 0.243 e. The molecule has 0 bridgehead atoms. The molecule has 19 heavy (non-hydrogen) atoms. The Balaban J connectivity index is 2.50. The van der Waals surface area contributed by atoms with Crippen LogP contribution in [-0.2, 0) is 10.0 Å². The van der Waals surface area contributed by atoms with Gasteiger partial charge in [0.05, 0.1) is 0 Å². The number of nitrogen functional groups attached to an aromatic ring is 1. The Bertz CT molecular complexity index is 702. The number of H-pyrrole nitrogens is 1. The highest BCUT2D eigenvalue weighted by Gasteiger charge is 2.26. The molecule has 2 rings (SSSR count). The number of benzene rings is 1. The largest absolute Gasteiger partial charge is 0.399 e. The van der Waals surface area contributed by atoms with Crippen molar-refractivity contribution in [2.75, 3.05) is 5.73 Å². The van der Waals surface area contributed by atoms with E-state index < -0.39 is 15.6 Å². The second kappa shape index (κ2) is 4.54. The molecule has 2 aromatic rings. The molecule has 0 unspecified atom stereocenters. The number of sulfonamides is 1. The van der Waals surface area contributed by atoms with E-state index >= 15 is 0 Å². The van der Waals surface area contributed by atoms with Crippen LogP contribution in [0.3, 0.4) is 0 Å². The maximum atomic E-state index is 12.4. The smallest absolute Gasteiger partial charge is 0.243 e. The molecule has 0 fully saturated rings. The van der Waals surface area contributed by atoms with Crippen LogP contribution in [0.2, 0.25) is 0 Å². The Morgan fingerprint density at radius 1 is 1.37 bits per heavy atom. The van der Waals surface area contributed by atoms with Crippen molar-refractivity contribution >= 4 is 26.6 Å². The van der Waals surface area contributed by atoms with Crippen LogP contribution in [-0.4, -0.2) is 18.9 Å². The number of hydrogen-bond acceptors (Lipinski definition) is 3. The average molecular weight is 281 g/mol. The molecule has 1 aromatic heterocycles. The first-order chi connectivity index (χ1) is 8.75. The topological polar surface area (TPSA) is 88.0 Å². The fourth-order valence-electron chi connectivity index (χ4n) is 1.83. The fraction of sp³-hybridized carbons (Fsp3) is 0.385. The third-order valence-corrected chi connectivity index (χ3v) is 4.99. The summed E-state index contributed by atoms with van der Waals surface area (Å²) in [6.45, 7) is 5.66. The van der Waals surface area contributed by atoms with Crippen LogP contribution in [0, 0.1) is 0 Å². The standard InChI is InChI=1S/C13H19N3O2S/c1-4-13(2,3)16-19(17,18)12-8-15-11-7-9(14)5-6-10(11)12/h5-8,15-16H,4,14H2,1-3H3. The van der Waals surface area contributed by atoms with E-state index in [1.54, 1.807) is 18.2 Å². The molecule has 0 radical (unpaired) electrons. The first-order valence-electron chi connectivity index (χ1n) is 6.16. The van der Waals surface area contributed by atoms with Gasteiger partial charge < -0.3 is 10.7 Å². The third-order valence-electron chi connectivity index (χ3n) is 3.25. The molecule has 5 nitrogen and oxygen atoms in total. The zero-order valence-electron chi connectivity index (χ0n) is 11.3. The van der Waals surface area contributed by atoms with Crippen LogP contribution in [0.4, 0.5) is 5.69 Å². The molecule has 0 amide bonds. The zero-order valence-corrected chi connectivity index (χ0v) is 12.1. The van der Waals surface area contributed by atoms with Gasteiger partial charge in [0.15, 0.2) is 0 Å². The van der Waals surface area contributed by atoms with Crippen molar-refractivity contribution in [3.8, 4) is 0 Å². The monoisotopic (exact) mass is 281 g/mol. The van der Waals surface area contributed by atoms with Crippen LogP contribution in [0.1, 0.15) is 27.2 Å². The van der Waals surface area contributed by atoms with Crippen molar-refractivity contribution in [1.82, 2.24) is 9.71 Å². The zero-order chi connectivity index (χ0) is 14.3. The van der Waals surface area contributed by atoms with Gasteiger partial charge in [-0.1, -0.05) is 6.92 Å². The van der Waals surface area contributed by atoms with E-state index in [0.717, 1.165) is 5.52 Å². The lowest BCUT2D eigenvalue weighted by molar-refractivity contribution is 0.440. The minimum absolute atomic E-state index is 0.254. The van der Waals surface area contributed by atoms with Gasteiger partial charge in [-0.25, -0.2) is 13.1 Å². The molecular formula is C13H19N3O2S. The van der Waals surface area contributed by atoms with E-state index in [1.807, 2.05) is 20.8 Å². The second-order valence-electron chi connectivity index (χ2n) is 5.30. The lowest BCUT2D eigenvalue weighted by atomic mass is 10.0. The predicted molar refractivity (Wildman–Crippen MR) is 77.4 cm³/mol. The summed E-state index contributed by atoms with van der Waals surface area (Å²) in [6, 6.07) is 5.13. The van der Waals surface area contributed by atoms with Crippen molar-refractivity contribution in [1.29, 1.82) is 0 Å². The number of fused-ring (bicyclic) bond motifs is 1.